The van der Waals surface area contributed by atoms with Gasteiger partial charge in [-0.25, -0.2) is 10.2 Å². The van der Waals surface area contributed by atoms with Crippen LogP contribution in [0.2, 0.25) is 0 Å². The molecule has 2 saturated heterocycles. The first-order valence-electron chi connectivity index (χ1n) is 12.4. The van der Waals surface area contributed by atoms with Crippen LogP contribution in [0.5, 0.6) is 11.5 Å². The average Bonchev–Trinajstić information content (AvgIpc) is 3.49. The monoisotopic (exact) mass is 581 g/mol. The number of benzene rings is 2. The lowest BCUT2D eigenvalue weighted by Crippen LogP contribution is -2.38. The number of carbonyl (C=O) groups excluding carboxylic acids is 1. The zero-order chi connectivity index (χ0) is 26.3. The van der Waals surface area contributed by atoms with E-state index in [-0.39, 0.29) is 0 Å². The molecule has 0 bridgehead atoms. The third kappa shape index (κ3) is 6.37. The number of hydrogen-bond acceptors (Lipinski definition) is 11. The third-order valence-corrected chi connectivity index (χ3v) is 6.62. The molecule has 0 unspecified atom stereocenters. The quantitative estimate of drug-likeness (QED) is 0.182. The first-order chi connectivity index (χ1) is 18.6. The summed E-state index contributed by atoms with van der Waals surface area (Å²) in [6, 6.07) is 12.2. The maximum atomic E-state index is 12.5. The van der Waals surface area contributed by atoms with Crippen LogP contribution in [0.25, 0.3) is 0 Å². The Morgan fingerprint density at radius 3 is 2.45 bits per heavy atom. The van der Waals surface area contributed by atoms with E-state index >= 15 is 0 Å². The molecule has 2 fully saturated rings. The van der Waals surface area contributed by atoms with Gasteiger partial charge < -0.3 is 24.0 Å². The first-order valence-corrected chi connectivity index (χ1v) is 13.2. The predicted molar refractivity (Wildman–Crippen MR) is 148 cm³/mol. The minimum Gasteiger partial charge on any atom is -0.493 e. The van der Waals surface area contributed by atoms with Crippen molar-refractivity contribution in [2.45, 2.75) is 12.8 Å². The lowest BCUT2D eigenvalue weighted by molar-refractivity contribution is 0.0729. The number of nitrogens with one attached hydrogen (secondary N) is 1. The van der Waals surface area contributed by atoms with Gasteiger partial charge in [0.1, 0.15) is 0 Å². The summed E-state index contributed by atoms with van der Waals surface area (Å²) in [5.41, 5.74) is 4.10. The number of nitrogens with zero attached hydrogens (tertiary/aromatic N) is 6. The molecule has 1 N–H and O–H groups in total. The lowest BCUT2D eigenvalue weighted by atomic mass is 10.2. The van der Waals surface area contributed by atoms with Crippen LogP contribution in [0.4, 0.5) is 17.8 Å². The molecular formula is C26H28BrN7O4. The van der Waals surface area contributed by atoms with Gasteiger partial charge in [-0.1, -0.05) is 22.0 Å². The van der Waals surface area contributed by atoms with Crippen LogP contribution in [0, 0.1) is 0 Å². The fourth-order valence-corrected chi connectivity index (χ4v) is 4.55. The molecule has 0 amide bonds. The minimum absolute atomic E-state index is 0.311. The molecule has 11 nitrogen and oxygen atoms in total. The van der Waals surface area contributed by atoms with E-state index in [1.54, 1.807) is 42.6 Å². The fraction of sp³-hybridized carbons (Fsp3) is 0.346. The number of ether oxygens (including phenoxy) is 3. The number of morpholine rings is 1. The molecule has 2 aliphatic rings. The van der Waals surface area contributed by atoms with Crippen LogP contribution in [0.15, 0.2) is 52.0 Å². The second kappa shape index (κ2) is 12.2. The van der Waals surface area contributed by atoms with Crippen molar-refractivity contribution in [3.05, 3.63) is 58.1 Å². The van der Waals surface area contributed by atoms with E-state index in [2.05, 4.69) is 46.2 Å². The molecule has 5 rings (SSSR count). The van der Waals surface area contributed by atoms with E-state index in [4.69, 9.17) is 19.2 Å². The highest BCUT2D eigenvalue weighted by atomic mass is 79.9. The van der Waals surface area contributed by atoms with Gasteiger partial charge in [0, 0.05) is 30.7 Å². The molecule has 0 saturated carbocycles. The van der Waals surface area contributed by atoms with Crippen molar-refractivity contribution < 1.29 is 19.0 Å². The molecule has 38 heavy (non-hydrogen) atoms. The van der Waals surface area contributed by atoms with Gasteiger partial charge in [0.25, 0.3) is 0 Å². The molecule has 0 atom stereocenters. The second-order valence-corrected chi connectivity index (χ2v) is 9.65. The van der Waals surface area contributed by atoms with Crippen molar-refractivity contribution in [3.63, 3.8) is 0 Å². The maximum absolute atomic E-state index is 12.5. The third-order valence-electron chi connectivity index (χ3n) is 6.12. The van der Waals surface area contributed by atoms with E-state index in [0.29, 0.717) is 48.1 Å². The molecule has 1 aromatic heterocycles. The first kappa shape index (κ1) is 25.9. The van der Waals surface area contributed by atoms with Crippen LogP contribution >= 0.6 is 15.9 Å². The largest absolute Gasteiger partial charge is 0.493 e. The van der Waals surface area contributed by atoms with Gasteiger partial charge in [-0.15, -0.1) is 0 Å². The summed E-state index contributed by atoms with van der Waals surface area (Å²) < 4.78 is 17.3. The highest BCUT2D eigenvalue weighted by Crippen LogP contribution is 2.29. The number of esters is 1. The summed E-state index contributed by atoms with van der Waals surface area (Å²) in [5.74, 6) is 1.86. The Morgan fingerprint density at radius 1 is 1.00 bits per heavy atom. The Kier molecular flexibility index (Phi) is 8.29. The van der Waals surface area contributed by atoms with Gasteiger partial charge in [-0.05, 0) is 54.8 Å². The van der Waals surface area contributed by atoms with Gasteiger partial charge in [0.2, 0.25) is 17.8 Å². The van der Waals surface area contributed by atoms with Crippen LogP contribution in [-0.2, 0) is 4.74 Å². The number of rotatable bonds is 8. The highest BCUT2D eigenvalue weighted by molar-refractivity contribution is 9.10. The van der Waals surface area contributed by atoms with E-state index in [1.165, 1.54) is 7.11 Å². The number of hydrazone groups is 1. The number of carbonyl (C=O) groups is 1. The van der Waals surface area contributed by atoms with Gasteiger partial charge in [-0.2, -0.15) is 20.1 Å². The SMILES string of the molecule is COc1cc(/C=N/Nc2nc(N3CCCC3)nc(N3CCOCC3)n2)ccc1OC(=O)c1cccc(Br)c1. The van der Waals surface area contributed by atoms with Crippen LogP contribution in [0.1, 0.15) is 28.8 Å². The Bertz CT molecular complexity index is 1310. The molecule has 2 aromatic carbocycles. The Hall–Kier alpha value is -3.77. The van der Waals surface area contributed by atoms with Crippen molar-refractivity contribution in [1.82, 2.24) is 15.0 Å². The standard InChI is InChI=1S/C26H28BrN7O4/c1-36-22-15-18(7-8-21(22)38-23(35)19-5-4-6-20(27)16-19)17-28-32-24-29-25(33-9-2-3-10-33)31-26(30-24)34-11-13-37-14-12-34/h4-8,15-17H,2-3,9-14H2,1H3,(H,29,30,31,32)/b28-17+. The van der Waals surface area contributed by atoms with Crippen molar-refractivity contribution in [3.8, 4) is 11.5 Å². The number of aromatic nitrogens is 3. The number of anilines is 3. The maximum Gasteiger partial charge on any atom is 0.343 e. The molecule has 12 heteroatoms. The second-order valence-electron chi connectivity index (χ2n) is 8.73. The van der Waals surface area contributed by atoms with E-state index in [9.17, 15) is 4.79 Å². The van der Waals surface area contributed by atoms with Gasteiger partial charge >= 0.3 is 5.97 Å². The summed E-state index contributed by atoms with van der Waals surface area (Å²) in [6.07, 6.45) is 3.86. The van der Waals surface area contributed by atoms with Gasteiger partial charge in [-0.3, -0.25) is 0 Å². The molecule has 2 aliphatic heterocycles. The number of halogens is 1. The predicted octanol–water partition coefficient (Wildman–Crippen LogP) is 3.74. The summed E-state index contributed by atoms with van der Waals surface area (Å²) in [4.78, 5) is 30.7. The summed E-state index contributed by atoms with van der Waals surface area (Å²) in [7, 11) is 1.52. The summed E-state index contributed by atoms with van der Waals surface area (Å²) in [5, 5.41) is 4.33. The van der Waals surface area contributed by atoms with Crippen molar-refractivity contribution in [1.29, 1.82) is 0 Å². The molecular weight excluding hydrogens is 554 g/mol. The normalized spacial score (nSPS) is 15.6. The molecule has 0 spiro atoms. The van der Waals surface area contributed by atoms with Crippen LogP contribution < -0.4 is 24.7 Å². The molecule has 3 aromatic rings. The smallest absolute Gasteiger partial charge is 0.343 e. The average molecular weight is 582 g/mol. The van der Waals surface area contributed by atoms with E-state index in [0.717, 1.165) is 49.1 Å². The van der Waals surface area contributed by atoms with Crippen LogP contribution in [0.3, 0.4) is 0 Å². The zero-order valence-corrected chi connectivity index (χ0v) is 22.6. The van der Waals surface area contributed by atoms with Crippen molar-refractivity contribution in [2.75, 3.05) is 61.7 Å². The Morgan fingerprint density at radius 2 is 1.74 bits per heavy atom. The van der Waals surface area contributed by atoms with Gasteiger partial charge in [0.15, 0.2) is 11.5 Å². The summed E-state index contributed by atoms with van der Waals surface area (Å²) >= 11 is 3.36. The van der Waals surface area contributed by atoms with Crippen molar-refractivity contribution >= 4 is 46.0 Å². The fourth-order valence-electron chi connectivity index (χ4n) is 4.15. The summed E-state index contributed by atoms with van der Waals surface area (Å²) in [6.45, 7) is 4.58. The zero-order valence-electron chi connectivity index (χ0n) is 21.0. The Labute approximate surface area is 229 Å². The molecule has 3 heterocycles. The number of hydrogen-bond donors (Lipinski definition) is 1. The Balaban J connectivity index is 1.30. The minimum atomic E-state index is -0.479. The van der Waals surface area contributed by atoms with E-state index in [1.807, 2.05) is 6.07 Å². The van der Waals surface area contributed by atoms with Gasteiger partial charge in [0.05, 0.1) is 32.1 Å². The van der Waals surface area contributed by atoms with Crippen molar-refractivity contribution in [2.24, 2.45) is 5.10 Å². The molecule has 198 valence electrons. The topological polar surface area (TPSA) is 114 Å². The molecule has 0 aliphatic carbocycles. The van der Waals surface area contributed by atoms with E-state index < -0.39 is 5.97 Å². The lowest BCUT2D eigenvalue weighted by Gasteiger charge is -2.27. The highest BCUT2D eigenvalue weighted by Gasteiger charge is 2.21. The molecule has 0 radical (unpaired) electrons. The van der Waals surface area contributed by atoms with Crippen LogP contribution in [-0.4, -0.2) is 73.6 Å². The number of methoxy groups -OCH3 is 1.